The summed E-state index contributed by atoms with van der Waals surface area (Å²) in [5, 5.41) is 0. The highest BCUT2D eigenvalue weighted by molar-refractivity contribution is 9.09. The molecule has 8 aliphatic rings. The van der Waals surface area contributed by atoms with Crippen LogP contribution in [-0.4, -0.2) is 28.5 Å². The number of carbonyl (C=O) groups is 2. The van der Waals surface area contributed by atoms with Gasteiger partial charge in [0.25, 0.3) is 0 Å². The highest BCUT2D eigenvalue weighted by Crippen LogP contribution is 2.87. The van der Waals surface area contributed by atoms with Crippen molar-refractivity contribution in [2.24, 2.45) is 70.5 Å². The van der Waals surface area contributed by atoms with Crippen LogP contribution < -0.4 is 0 Å². The van der Waals surface area contributed by atoms with Crippen LogP contribution in [0.3, 0.4) is 0 Å². The fourth-order valence-corrected chi connectivity index (χ4v) is 12.7. The molecule has 8 bridgehead atoms. The van der Waals surface area contributed by atoms with Crippen LogP contribution in [0, 0.1) is 70.5 Å². The Morgan fingerprint density at radius 3 is 2.27 bits per heavy atom. The third kappa shape index (κ3) is 1.28. The van der Waals surface area contributed by atoms with Crippen LogP contribution in [0.1, 0.15) is 25.7 Å². The molecular formula is C21H24Br2O3. The van der Waals surface area contributed by atoms with Gasteiger partial charge in [0.1, 0.15) is 5.41 Å². The summed E-state index contributed by atoms with van der Waals surface area (Å²) in [6.07, 6.45) is 4.85. The summed E-state index contributed by atoms with van der Waals surface area (Å²) in [6, 6.07) is 0. The average molecular weight is 484 g/mol. The van der Waals surface area contributed by atoms with Crippen LogP contribution in [0.15, 0.2) is 0 Å². The first-order chi connectivity index (χ1) is 12.5. The van der Waals surface area contributed by atoms with Crippen molar-refractivity contribution < 1.29 is 14.3 Å². The second kappa shape index (κ2) is 4.63. The van der Waals surface area contributed by atoms with E-state index in [0.717, 1.165) is 0 Å². The van der Waals surface area contributed by atoms with Crippen molar-refractivity contribution >= 4 is 43.6 Å². The number of esters is 1. The van der Waals surface area contributed by atoms with Gasteiger partial charge in [0.2, 0.25) is 0 Å². The van der Waals surface area contributed by atoms with Crippen LogP contribution in [0.2, 0.25) is 0 Å². The Bertz CT molecular complexity index is 754. The highest BCUT2D eigenvalue weighted by Gasteiger charge is 2.90. The Hall–Kier alpha value is 0.1000. The molecule has 0 heterocycles. The van der Waals surface area contributed by atoms with Gasteiger partial charge in [-0.1, -0.05) is 31.9 Å². The summed E-state index contributed by atoms with van der Waals surface area (Å²) in [5.74, 6) is 5.56. The van der Waals surface area contributed by atoms with E-state index in [-0.39, 0.29) is 23.7 Å². The van der Waals surface area contributed by atoms with Gasteiger partial charge in [-0.05, 0) is 84.9 Å². The number of ether oxygens (including phenoxy) is 1. The van der Waals surface area contributed by atoms with Gasteiger partial charge in [-0.15, -0.1) is 0 Å². The average Bonchev–Trinajstić information content (AvgIpc) is 3.37. The molecular weight excluding hydrogens is 460 g/mol. The van der Waals surface area contributed by atoms with Crippen molar-refractivity contribution in [2.45, 2.75) is 35.3 Å². The molecule has 26 heavy (non-hydrogen) atoms. The van der Waals surface area contributed by atoms with E-state index in [4.69, 9.17) is 4.74 Å². The van der Waals surface area contributed by atoms with E-state index in [1.165, 1.54) is 32.8 Å². The number of rotatable bonds is 1. The smallest absolute Gasteiger partial charge is 0.319 e. The molecule has 3 nitrogen and oxygen atoms in total. The van der Waals surface area contributed by atoms with Crippen molar-refractivity contribution in [2.75, 3.05) is 7.11 Å². The maximum atomic E-state index is 14.0. The third-order valence-corrected chi connectivity index (χ3v) is 12.6. The van der Waals surface area contributed by atoms with Crippen LogP contribution in [-0.2, 0) is 14.3 Å². The van der Waals surface area contributed by atoms with E-state index < -0.39 is 5.41 Å². The summed E-state index contributed by atoms with van der Waals surface area (Å²) in [5.41, 5.74) is -0.798. The first kappa shape index (κ1) is 16.0. The van der Waals surface area contributed by atoms with Crippen LogP contribution in [0.5, 0.6) is 0 Å². The molecule has 14 atom stereocenters. The van der Waals surface area contributed by atoms with Crippen LogP contribution in [0.4, 0.5) is 0 Å². The van der Waals surface area contributed by atoms with E-state index in [9.17, 15) is 9.59 Å². The fraction of sp³-hybridized carbons (Fsp3) is 0.905. The molecule has 8 rings (SSSR count). The number of halogens is 2. The first-order valence-electron chi connectivity index (χ1n) is 10.5. The molecule has 8 aliphatic carbocycles. The Labute approximate surface area is 170 Å². The lowest BCUT2D eigenvalue weighted by Crippen LogP contribution is -2.56. The second-order valence-electron chi connectivity index (χ2n) is 10.3. The van der Waals surface area contributed by atoms with Crippen molar-refractivity contribution in [3.05, 3.63) is 0 Å². The summed E-state index contributed by atoms with van der Waals surface area (Å²) in [6.45, 7) is 0. The monoisotopic (exact) mass is 482 g/mol. The van der Waals surface area contributed by atoms with Gasteiger partial charge in [-0.2, -0.15) is 0 Å². The van der Waals surface area contributed by atoms with Crippen molar-refractivity contribution in [1.29, 1.82) is 0 Å². The predicted molar refractivity (Wildman–Crippen MR) is 102 cm³/mol. The molecule has 0 spiro atoms. The van der Waals surface area contributed by atoms with Gasteiger partial charge < -0.3 is 4.74 Å². The minimum atomic E-state index is -0.798. The van der Waals surface area contributed by atoms with E-state index in [1.807, 2.05) is 0 Å². The maximum absolute atomic E-state index is 14.0. The molecule has 8 fully saturated rings. The quantitative estimate of drug-likeness (QED) is 0.324. The van der Waals surface area contributed by atoms with Crippen molar-refractivity contribution in [1.82, 2.24) is 0 Å². The van der Waals surface area contributed by atoms with Crippen molar-refractivity contribution in [3.63, 3.8) is 0 Å². The van der Waals surface area contributed by atoms with E-state index in [1.54, 1.807) is 0 Å². The lowest BCUT2D eigenvalue weighted by molar-refractivity contribution is -0.172. The molecule has 0 amide bonds. The largest absolute Gasteiger partial charge is 0.468 e. The van der Waals surface area contributed by atoms with Gasteiger partial charge in [-0.25, -0.2) is 0 Å². The third-order valence-electron chi connectivity index (χ3n) is 10.5. The minimum Gasteiger partial charge on any atom is -0.468 e. The van der Waals surface area contributed by atoms with E-state index >= 15 is 0 Å². The van der Waals surface area contributed by atoms with Crippen LogP contribution >= 0.6 is 31.9 Å². The van der Waals surface area contributed by atoms with Gasteiger partial charge in [0, 0.05) is 15.6 Å². The molecule has 0 aromatic rings. The predicted octanol–water partition coefficient (Wildman–Crippen LogP) is 3.68. The van der Waals surface area contributed by atoms with Crippen LogP contribution in [0.25, 0.3) is 0 Å². The lowest BCUT2D eigenvalue weighted by Gasteiger charge is -2.44. The molecule has 0 aliphatic heterocycles. The molecule has 140 valence electrons. The Morgan fingerprint density at radius 1 is 0.885 bits per heavy atom. The Kier molecular flexibility index (Phi) is 2.84. The Balaban J connectivity index is 1.51. The normalized spacial score (nSPS) is 68.0. The number of fused-ring (bicyclic) bond motifs is 2. The molecule has 0 aromatic carbocycles. The first-order valence-corrected chi connectivity index (χ1v) is 12.3. The summed E-state index contributed by atoms with van der Waals surface area (Å²) in [7, 11) is 1.51. The van der Waals surface area contributed by atoms with Gasteiger partial charge in [-0.3, -0.25) is 9.59 Å². The van der Waals surface area contributed by atoms with Gasteiger partial charge in [0.05, 0.1) is 7.11 Å². The molecule has 0 N–H and O–H groups in total. The SMILES string of the molecule is COC(=O)[C@]12C(=O)[C@@H]3[C@H]4[C@H]([C@H]5[C@@H]3[C@H]3CC[C@H](Br)[C@@H]3[C@@H]51)[C@H]2[C@@H]1CC[C@H](Br)[C@@H]14. The zero-order chi connectivity index (χ0) is 17.7. The number of methoxy groups -OCH3 is 1. The molecule has 8 saturated carbocycles. The van der Waals surface area contributed by atoms with E-state index in [2.05, 4.69) is 31.9 Å². The molecule has 5 heteroatoms. The number of alkyl halides is 2. The summed E-state index contributed by atoms with van der Waals surface area (Å²) in [4.78, 5) is 28.4. The zero-order valence-corrected chi connectivity index (χ0v) is 18.0. The standard InChI is InChI=1S/C21H24Br2O3/c1-26-20(25)21-17-7-3-5-8(22)10(7)13-15(17)14-12(16(13)19(21)24)6-2-4-9(23)11(6)18(14)21/h6-18H,2-5H2,1H3/t6-,7+,8-,9-,10+,11+,12-,13+,14+,15+,16-,17+,18-,21-/m0/s1. The maximum Gasteiger partial charge on any atom is 0.319 e. The van der Waals surface area contributed by atoms with Gasteiger partial charge >= 0.3 is 5.97 Å². The molecule has 0 unspecified atom stereocenters. The summed E-state index contributed by atoms with van der Waals surface area (Å²) >= 11 is 7.94. The number of hydrogen-bond donors (Lipinski definition) is 0. The Morgan fingerprint density at radius 2 is 1.54 bits per heavy atom. The second-order valence-corrected chi connectivity index (χ2v) is 12.6. The van der Waals surface area contributed by atoms with Gasteiger partial charge in [0.15, 0.2) is 5.78 Å². The number of ketones is 1. The van der Waals surface area contributed by atoms with E-state index in [0.29, 0.717) is 62.8 Å². The molecule has 0 aromatic heterocycles. The zero-order valence-electron chi connectivity index (χ0n) is 14.8. The highest BCUT2D eigenvalue weighted by atomic mass is 79.9. The topological polar surface area (TPSA) is 43.4 Å². The number of Topliss-reactive ketones (excluding diaryl/α,β-unsaturated/α-hetero) is 1. The molecule has 0 saturated heterocycles. The summed E-state index contributed by atoms with van der Waals surface area (Å²) < 4.78 is 5.42. The number of hydrogen-bond acceptors (Lipinski definition) is 3. The minimum absolute atomic E-state index is 0.151. The molecule has 0 radical (unpaired) electrons. The number of carbonyl (C=O) groups excluding carboxylic acids is 2. The van der Waals surface area contributed by atoms with Crippen molar-refractivity contribution in [3.8, 4) is 0 Å². The lowest BCUT2D eigenvalue weighted by atomic mass is 9.56. The fourth-order valence-electron chi connectivity index (χ4n) is 10.7.